The monoisotopic (exact) mass is 420 g/mol. The standard InChI is InChI=1S/C16H16ClF3N4O2S/c17-11-3-1-2-4-12(11)26-7-13-22-23-15(24(13)10-5-6-10)27-8-14(25)21-9-16(18,19)20/h1-4,10H,5-9H2,(H,21,25). The normalized spacial score (nSPS) is 14.2. The minimum atomic E-state index is -4.43. The van der Waals surface area contributed by atoms with Crippen molar-refractivity contribution in [2.45, 2.75) is 36.8 Å². The number of thioether (sulfide) groups is 1. The van der Waals surface area contributed by atoms with Gasteiger partial charge in [0.05, 0.1) is 10.8 Å². The van der Waals surface area contributed by atoms with Crippen LogP contribution in [-0.4, -0.2) is 39.1 Å². The van der Waals surface area contributed by atoms with Gasteiger partial charge in [0.15, 0.2) is 11.0 Å². The van der Waals surface area contributed by atoms with Gasteiger partial charge >= 0.3 is 6.18 Å². The van der Waals surface area contributed by atoms with Crippen molar-refractivity contribution in [3.8, 4) is 5.75 Å². The molecule has 6 nitrogen and oxygen atoms in total. The van der Waals surface area contributed by atoms with E-state index >= 15 is 0 Å². The summed E-state index contributed by atoms with van der Waals surface area (Å²) in [6, 6.07) is 7.25. The van der Waals surface area contributed by atoms with Crippen LogP contribution in [0.15, 0.2) is 29.4 Å². The Bertz CT molecular complexity index is 811. The first-order chi connectivity index (χ1) is 12.8. The number of amides is 1. The Morgan fingerprint density at radius 1 is 1.33 bits per heavy atom. The van der Waals surface area contributed by atoms with E-state index in [9.17, 15) is 18.0 Å². The van der Waals surface area contributed by atoms with Gasteiger partial charge in [0.1, 0.15) is 18.9 Å². The number of hydrogen-bond acceptors (Lipinski definition) is 5. The van der Waals surface area contributed by atoms with E-state index in [2.05, 4.69) is 10.2 Å². The van der Waals surface area contributed by atoms with Gasteiger partial charge in [-0.05, 0) is 25.0 Å². The van der Waals surface area contributed by atoms with Crippen LogP contribution in [-0.2, 0) is 11.4 Å². The molecule has 1 amide bonds. The maximum atomic E-state index is 12.1. The Hall–Kier alpha value is -1.94. The first kappa shape index (κ1) is 19.8. The van der Waals surface area contributed by atoms with Crippen LogP contribution < -0.4 is 10.1 Å². The molecule has 1 N–H and O–H groups in total. The highest BCUT2D eigenvalue weighted by atomic mass is 35.5. The van der Waals surface area contributed by atoms with Crippen molar-refractivity contribution in [2.24, 2.45) is 0 Å². The van der Waals surface area contributed by atoms with E-state index < -0.39 is 18.6 Å². The summed E-state index contributed by atoms with van der Waals surface area (Å²) in [4.78, 5) is 11.6. The van der Waals surface area contributed by atoms with Crippen molar-refractivity contribution in [3.05, 3.63) is 35.1 Å². The lowest BCUT2D eigenvalue weighted by Crippen LogP contribution is -2.34. The molecule has 1 aliphatic carbocycles. The smallest absolute Gasteiger partial charge is 0.405 e. The highest BCUT2D eigenvalue weighted by Crippen LogP contribution is 2.39. The van der Waals surface area contributed by atoms with Gasteiger partial charge in [0.2, 0.25) is 5.91 Å². The lowest BCUT2D eigenvalue weighted by molar-refractivity contribution is -0.136. The molecule has 0 aliphatic heterocycles. The Morgan fingerprint density at radius 2 is 2.07 bits per heavy atom. The Balaban J connectivity index is 1.60. The fourth-order valence-corrected chi connectivity index (χ4v) is 3.33. The van der Waals surface area contributed by atoms with E-state index in [4.69, 9.17) is 16.3 Å². The largest absolute Gasteiger partial charge is 0.484 e. The average molecular weight is 421 g/mol. The summed E-state index contributed by atoms with van der Waals surface area (Å²) in [5.41, 5.74) is 0. The van der Waals surface area contributed by atoms with Crippen LogP contribution in [0.2, 0.25) is 5.02 Å². The van der Waals surface area contributed by atoms with Gasteiger partial charge in [-0.2, -0.15) is 13.2 Å². The fourth-order valence-electron chi connectivity index (χ4n) is 2.29. The van der Waals surface area contributed by atoms with Gasteiger partial charge in [-0.25, -0.2) is 0 Å². The highest BCUT2D eigenvalue weighted by Gasteiger charge is 2.31. The topological polar surface area (TPSA) is 69.0 Å². The SMILES string of the molecule is O=C(CSc1nnc(COc2ccccc2Cl)n1C1CC1)NCC(F)(F)F. The number of benzene rings is 1. The van der Waals surface area contributed by atoms with E-state index in [1.807, 2.05) is 9.88 Å². The first-order valence-corrected chi connectivity index (χ1v) is 9.47. The number of rotatable bonds is 8. The predicted molar refractivity (Wildman–Crippen MR) is 93.9 cm³/mol. The molecule has 0 spiro atoms. The number of ether oxygens (including phenoxy) is 1. The van der Waals surface area contributed by atoms with Crippen LogP contribution in [0.1, 0.15) is 24.7 Å². The highest BCUT2D eigenvalue weighted by molar-refractivity contribution is 7.99. The number of halogens is 4. The molecular weight excluding hydrogens is 405 g/mol. The van der Waals surface area contributed by atoms with Gasteiger partial charge < -0.3 is 10.1 Å². The van der Waals surface area contributed by atoms with Crippen molar-refractivity contribution < 1.29 is 22.7 Å². The molecule has 0 atom stereocenters. The minimum absolute atomic E-state index is 0.147. The lowest BCUT2D eigenvalue weighted by atomic mass is 10.3. The van der Waals surface area contributed by atoms with E-state index in [0.29, 0.717) is 21.8 Å². The first-order valence-electron chi connectivity index (χ1n) is 8.11. The molecule has 1 aromatic heterocycles. The zero-order valence-electron chi connectivity index (χ0n) is 14.0. The molecular formula is C16H16ClF3N4O2S. The number of hydrogen-bond donors (Lipinski definition) is 1. The molecule has 1 fully saturated rings. The number of carbonyl (C=O) groups is 1. The maximum absolute atomic E-state index is 12.1. The average Bonchev–Trinajstić information content (AvgIpc) is 3.37. The molecule has 1 saturated carbocycles. The predicted octanol–water partition coefficient (Wildman–Crippen LogP) is 3.62. The molecule has 27 heavy (non-hydrogen) atoms. The van der Waals surface area contributed by atoms with Gasteiger partial charge in [-0.3, -0.25) is 9.36 Å². The second kappa shape index (κ2) is 8.39. The van der Waals surface area contributed by atoms with E-state index in [1.54, 1.807) is 24.3 Å². The maximum Gasteiger partial charge on any atom is 0.405 e. The number of para-hydroxylation sites is 1. The summed E-state index contributed by atoms with van der Waals surface area (Å²) >= 11 is 7.11. The van der Waals surface area contributed by atoms with Crippen LogP contribution in [0.5, 0.6) is 5.75 Å². The molecule has 2 aromatic rings. The summed E-state index contributed by atoms with van der Waals surface area (Å²) in [5.74, 6) is 0.212. The van der Waals surface area contributed by atoms with Gasteiger partial charge in [-0.15, -0.1) is 10.2 Å². The molecule has 0 unspecified atom stereocenters. The van der Waals surface area contributed by atoms with Crippen molar-refractivity contribution in [2.75, 3.05) is 12.3 Å². The van der Waals surface area contributed by atoms with Crippen LogP contribution in [0.3, 0.4) is 0 Å². The second-order valence-electron chi connectivity index (χ2n) is 5.90. The van der Waals surface area contributed by atoms with Crippen LogP contribution >= 0.6 is 23.4 Å². The molecule has 1 aromatic carbocycles. The Morgan fingerprint density at radius 3 is 2.74 bits per heavy atom. The second-order valence-corrected chi connectivity index (χ2v) is 7.25. The third-order valence-electron chi connectivity index (χ3n) is 3.66. The molecule has 0 saturated heterocycles. The van der Waals surface area contributed by atoms with E-state index in [0.717, 1.165) is 24.6 Å². The molecule has 11 heteroatoms. The summed E-state index contributed by atoms with van der Waals surface area (Å²) in [5, 5.41) is 10.9. The summed E-state index contributed by atoms with van der Waals surface area (Å²) in [6.45, 7) is -1.20. The zero-order chi connectivity index (χ0) is 19.4. The Labute approximate surface area is 162 Å². The van der Waals surface area contributed by atoms with Gasteiger partial charge in [0.25, 0.3) is 0 Å². The summed E-state index contributed by atoms with van der Waals surface area (Å²) < 4.78 is 44.0. The third-order valence-corrected chi connectivity index (χ3v) is 4.91. The summed E-state index contributed by atoms with van der Waals surface area (Å²) in [6.07, 6.45) is -2.53. The molecule has 0 radical (unpaired) electrons. The van der Waals surface area contributed by atoms with E-state index in [1.165, 1.54) is 0 Å². The molecule has 3 rings (SSSR count). The number of aromatic nitrogens is 3. The number of nitrogens with one attached hydrogen (secondary N) is 1. The molecule has 1 heterocycles. The van der Waals surface area contributed by atoms with Crippen LogP contribution in [0.25, 0.3) is 0 Å². The third kappa shape index (κ3) is 5.77. The summed E-state index contributed by atoms with van der Waals surface area (Å²) in [7, 11) is 0. The van der Waals surface area contributed by atoms with Gasteiger partial charge in [0, 0.05) is 6.04 Å². The van der Waals surface area contributed by atoms with Crippen molar-refractivity contribution >= 4 is 29.3 Å². The molecule has 146 valence electrons. The Kier molecular flexibility index (Phi) is 6.15. The zero-order valence-corrected chi connectivity index (χ0v) is 15.6. The fraction of sp³-hybridized carbons (Fsp3) is 0.438. The number of carbonyl (C=O) groups excluding carboxylic acids is 1. The van der Waals surface area contributed by atoms with Crippen molar-refractivity contribution in [1.82, 2.24) is 20.1 Å². The number of alkyl halides is 3. The molecule has 0 bridgehead atoms. The van der Waals surface area contributed by atoms with Crippen molar-refractivity contribution in [3.63, 3.8) is 0 Å². The quantitative estimate of drug-likeness (QED) is 0.661. The van der Waals surface area contributed by atoms with E-state index in [-0.39, 0.29) is 18.4 Å². The van der Waals surface area contributed by atoms with Gasteiger partial charge in [-0.1, -0.05) is 35.5 Å². The van der Waals surface area contributed by atoms with Crippen LogP contribution in [0, 0.1) is 0 Å². The molecule has 1 aliphatic rings. The van der Waals surface area contributed by atoms with Crippen molar-refractivity contribution in [1.29, 1.82) is 0 Å². The number of nitrogens with zero attached hydrogens (tertiary/aromatic N) is 3. The van der Waals surface area contributed by atoms with Crippen LogP contribution in [0.4, 0.5) is 13.2 Å². The lowest BCUT2D eigenvalue weighted by Gasteiger charge is -2.11. The minimum Gasteiger partial charge on any atom is -0.484 e.